The van der Waals surface area contributed by atoms with Gasteiger partial charge in [-0.2, -0.15) is 0 Å². The lowest BCUT2D eigenvalue weighted by Crippen LogP contribution is -2.38. The van der Waals surface area contributed by atoms with Crippen molar-refractivity contribution in [3.63, 3.8) is 0 Å². The number of nitrogens with two attached hydrogens (primary N) is 2. The van der Waals surface area contributed by atoms with Gasteiger partial charge in [-0.15, -0.1) is 0 Å². The van der Waals surface area contributed by atoms with E-state index in [1.54, 1.807) is 6.07 Å². The molecule has 7 heteroatoms. The van der Waals surface area contributed by atoms with Crippen molar-refractivity contribution in [3.05, 3.63) is 197 Å². The lowest BCUT2D eigenvalue weighted by Gasteiger charge is -2.44. The Hall–Kier alpha value is -6.73. The molecular weight excluding hydrogens is 651 g/mol. The number of allylic oxidation sites excluding steroid dienone is 4. The Morgan fingerprint density at radius 3 is 2.43 bits per heavy atom. The van der Waals surface area contributed by atoms with Gasteiger partial charge in [-0.05, 0) is 59.5 Å². The smallest absolute Gasteiger partial charge is 0.141 e. The molecule has 2 unspecified atom stereocenters. The fourth-order valence-corrected chi connectivity index (χ4v) is 7.53. The SMILES string of the molecule is N=C(N)c1cccc(N2c3ccccc3CC3C=Cc4c(n(C/C=C\C=C(/N)CN=C(/C=C/c5ccccc5)c5ccccc5)c5ccccc45)C32)n1. The van der Waals surface area contributed by atoms with Crippen LogP contribution in [0.25, 0.3) is 23.1 Å². The second-order valence-corrected chi connectivity index (χ2v) is 13.4. The third-order valence-corrected chi connectivity index (χ3v) is 9.96. The Bertz CT molecular complexity index is 2430. The number of rotatable bonds is 10. The zero-order chi connectivity index (χ0) is 36.1. The molecule has 260 valence electrons. The van der Waals surface area contributed by atoms with E-state index < -0.39 is 0 Å². The van der Waals surface area contributed by atoms with E-state index in [-0.39, 0.29) is 17.8 Å². The summed E-state index contributed by atoms with van der Waals surface area (Å²) in [7, 11) is 0. The maximum absolute atomic E-state index is 8.11. The minimum atomic E-state index is -0.0462. The standard InChI is InChI=1S/C46H41N7/c47-36(31-50-39(33-16-5-2-6-17-33)28-25-32-14-3-1-4-15-32)19-11-12-29-52-42-23-10-8-20-37(42)38-27-26-35-30-34-18-7-9-22-41(34)53(44(35)45(38)52)43-24-13-21-40(51-43)46(48)49/h1-28,35,44H,29-31,47H2,(H3,48,49)/b12-11-,28-25+,36-19-,50-39?. The Morgan fingerprint density at radius 2 is 1.60 bits per heavy atom. The Balaban J connectivity index is 1.12. The lowest BCUT2D eigenvalue weighted by atomic mass is 9.79. The largest absolute Gasteiger partial charge is 0.401 e. The van der Waals surface area contributed by atoms with Gasteiger partial charge in [-0.1, -0.05) is 134 Å². The molecule has 0 amide bonds. The van der Waals surface area contributed by atoms with Crippen LogP contribution in [0.3, 0.4) is 0 Å². The Morgan fingerprint density at radius 1 is 0.849 bits per heavy atom. The number of nitrogens with zero attached hydrogens (tertiary/aromatic N) is 4. The Labute approximate surface area is 310 Å². The van der Waals surface area contributed by atoms with Gasteiger partial charge in [-0.3, -0.25) is 10.4 Å². The van der Waals surface area contributed by atoms with Crippen LogP contribution in [-0.4, -0.2) is 27.6 Å². The van der Waals surface area contributed by atoms with Gasteiger partial charge >= 0.3 is 0 Å². The van der Waals surface area contributed by atoms with Crippen molar-refractivity contribution >= 4 is 46.1 Å². The van der Waals surface area contributed by atoms with Crippen molar-refractivity contribution in [1.29, 1.82) is 5.41 Å². The van der Waals surface area contributed by atoms with E-state index in [2.05, 4.69) is 113 Å². The van der Waals surface area contributed by atoms with Crippen LogP contribution < -0.4 is 16.4 Å². The lowest BCUT2D eigenvalue weighted by molar-refractivity contribution is 0.458. The van der Waals surface area contributed by atoms with E-state index in [0.29, 0.717) is 24.5 Å². The monoisotopic (exact) mass is 691 g/mol. The van der Waals surface area contributed by atoms with E-state index in [1.807, 2.05) is 60.7 Å². The van der Waals surface area contributed by atoms with Crippen molar-refractivity contribution < 1.29 is 0 Å². The first-order valence-corrected chi connectivity index (χ1v) is 18.0. The minimum Gasteiger partial charge on any atom is -0.401 e. The molecule has 1 aliphatic carbocycles. The summed E-state index contributed by atoms with van der Waals surface area (Å²) in [6.07, 6.45) is 15.9. The molecule has 0 saturated heterocycles. The number of hydrogen-bond donors (Lipinski definition) is 3. The minimum absolute atomic E-state index is 0.0179. The molecule has 2 atom stereocenters. The predicted molar refractivity (Wildman–Crippen MR) is 219 cm³/mol. The number of aromatic nitrogens is 2. The zero-order valence-corrected chi connectivity index (χ0v) is 29.4. The quantitative estimate of drug-likeness (QED) is 0.0757. The normalized spacial score (nSPS) is 16.9. The molecule has 0 radical (unpaired) electrons. The average Bonchev–Trinajstić information content (AvgIpc) is 3.52. The number of aliphatic imine (C=N–C) groups is 1. The summed E-state index contributed by atoms with van der Waals surface area (Å²) < 4.78 is 2.43. The van der Waals surface area contributed by atoms with Gasteiger partial charge in [0, 0.05) is 40.3 Å². The third kappa shape index (κ3) is 6.85. The number of fused-ring (bicyclic) bond motifs is 6. The number of benzene rings is 4. The van der Waals surface area contributed by atoms with Crippen molar-refractivity contribution in [3.8, 4) is 0 Å². The van der Waals surface area contributed by atoms with E-state index in [0.717, 1.165) is 34.8 Å². The number of pyridine rings is 1. The molecule has 2 aliphatic rings. The van der Waals surface area contributed by atoms with Crippen molar-refractivity contribution in [2.24, 2.45) is 22.4 Å². The van der Waals surface area contributed by atoms with Crippen molar-refractivity contribution in [1.82, 2.24) is 9.55 Å². The van der Waals surface area contributed by atoms with Crippen molar-refractivity contribution in [2.45, 2.75) is 19.0 Å². The second-order valence-electron chi connectivity index (χ2n) is 13.4. The number of nitrogens with one attached hydrogen (secondary N) is 1. The predicted octanol–water partition coefficient (Wildman–Crippen LogP) is 9.00. The average molecular weight is 692 g/mol. The maximum atomic E-state index is 8.11. The van der Waals surface area contributed by atoms with Crippen LogP contribution in [0.4, 0.5) is 11.5 Å². The molecule has 0 fully saturated rings. The van der Waals surface area contributed by atoms with Crippen LogP contribution in [0, 0.1) is 11.3 Å². The molecule has 0 saturated carbocycles. The number of nitrogen functional groups attached to an aromatic ring is 1. The molecule has 0 bridgehead atoms. The van der Waals surface area contributed by atoms with E-state index >= 15 is 0 Å². The van der Waals surface area contributed by atoms with Gasteiger partial charge < -0.3 is 20.9 Å². The van der Waals surface area contributed by atoms with Crippen LogP contribution in [0.1, 0.15) is 39.7 Å². The molecule has 53 heavy (non-hydrogen) atoms. The molecule has 6 aromatic rings. The van der Waals surface area contributed by atoms with Crippen LogP contribution in [-0.2, 0) is 13.0 Å². The van der Waals surface area contributed by atoms with Gasteiger partial charge in [0.2, 0.25) is 0 Å². The van der Waals surface area contributed by atoms with Gasteiger partial charge in [0.25, 0.3) is 0 Å². The highest BCUT2D eigenvalue weighted by Gasteiger charge is 2.41. The summed E-state index contributed by atoms with van der Waals surface area (Å²) in [5.41, 5.74) is 22.7. The highest BCUT2D eigenvalue weighted by atomic mass is 15.3. The Kier molecular flexibility index (Phi) is 9.37. The highest BCUT2D eigenvalue weighted by molar-refractivity contribution is 6.10. The zero-order valence-electron chi connectivity index (χ0n) is 29.4. The molecule has 8 rings (SSSR count). The fourth-order valence-electron chi connectivity index (χ4n) is 7.53. The van der Waals surface area contributed by atoms with E-state index in [4.69, 9.17) is 26.9 Å². The van der Waals surface area contributed by atoms with Crippen LogP contribution in [0.15, 0.2) is 168 Å². The van der Waals surface area contributed by atoms with Crippen LogP contribution >= 0.6 is 0 Å². The fraction of sp³-hybridized carbons (Fsp3) is 0.109. The number of anilines is 2. The van der Waals surface area contributed by atoms with Gasteiger partial charge in [0.15, 0.2) is 0 Å². The first-order chi connectivity index (χ1) is 26.0. The van der Waals surface area contributed by atoms with Gasteiger partial charge in [-0.25, -0.2) is 4.98 Å². The highest BCUT2D eigenvalue weighted by Crippen LogP contribution is 2.51. The van der Waals surface area contributed by atoms with Crippen LogP contribution in [0.5, 0.6) is 0 Å². The number of amidine groups is 1. The van der Waals surface area contributed by atoms with E-state index in [1.165, 1.54) is 27.7 Å². The topological polar surface area (TPSA) is 109 Å². The second kappa shape index (κ2) is 14.9. The summed E-state index contributed by atoms with van der Waals surface area (Å²) in [5.74, 6) is 0.948. The molecule has 2 aromatic heterocycles. The number of para-hydroxylation sites is 2. The van der Waals surface area contributed by atoms with Gasteiger partial charge in [0.05, 0.1) is 24.0 Å². The summed E-state index contributed by atoms with van der Waals surface area (Å²) in [6.45, 7) is 1.04. The third-order valence-electron chi connectivity index (χ3n) is 9.96. The first-order valence-electron chi connectivity index (χ1n) is 18.0. The molecule has 3 heterocycles. The van der Waals surface area contributed by atoms with Gasteiger partial charge in [0.1, 0.15) is 17.3 Å². The molecule has 4 aromatic carbocycles. The van der Waals surface area contributed by atoms with Crippen LogP contribution in [0.2, 0.25) is 0 Å². The summed E-state index contributed by atoms with van der Waals surface area (Å²) in [4.78, 5) is 12.2. The molecule has 7 nitrogen and oxygen atoms in total. The number of hydrogen-bond acceptors (Lipinski definition) is 5. The molecule has 1 aliphatic heterocycles. The first kappa shape index (κ1) is 33.4. The molecule has 0 spiro atoms. The summed E-state index contributed by atoms with van der Waals surface area (Å²) >= 11 is 0. The molecular formula is C46H41N7. The van der Waals surface area contributed by atoms with E-state index in [9.17, 15) is 0 Å². The summed E-state index contributed by atoms with van der Waals surface area (Å²) in [5, 5.41) is 9.33. The van der Waals surface area contributed by atoms with Crippen molar-refractivity contribution in [2.75, 3.05) is 11.4 Å². The summed E-state index contributed by atoms with van der Waals surface area (Å²) in [6, 6.07) is 43.4. The maximum Gasteiger partial charge on any atom is 0.141 e. The molecule has 5 N–H and O–H groups in total.